The van der Waals surface area contributed by atoms with Gasteiger partial charge >= 0.3 is 0 Å². The van der Waals surface area contributed by atoms with E-state index in [1.807, 2.05) is 12.1 Å². The average molecular weight is 303 g/mol. The molecule has 4 heteroatoms. The number of nitrogens with two attached hydrogens (primary N) is 1. The smallest absolute Gasteiger partial charge is 0.169 e. The van der Waals surface area contributed by atoms with E-state index in [4.69, 9.17) is 10.2 Å². The highest BCUT2D eigenvalue weighted by atomic mass is 79.9. The minimum atomic E-state index is 0.133. The Kier molecular flexibility index (Phi) is 5.22. The van der Waals surface area contributed by atoms with Gasteiger partial charge in [-0.15, -0.1) is 0 Å². The van der Waals surface area contributed by atoms with Gasteiger partial charge in [-0.1, -0.05) is 20.8 Å². The fraction of sp³-hybridized carbons (Fsp3) is 0.692. The van der Waals surface area contributed by atoms with Gasteiger partial charge in [-0.05, 0) is 53.5 Å². The summed E-state index contributed by atoms with van der Waals surface area (Å²) in [5, 5.41) is 0. The number of hydrogen-bond donors (Lipinski definition) is 1. The Balaban J connectivity index is 2.74. The van der Waals surface area contributed by atoms with Crippen LogP contribution in [0.2, 0.25) is 0 Å². The van der Waals surface area contributed by atoms with Gasteiger partial charge in [0, 0.05) is 6.54 Å². The molecule has 0 amide bonds. The normalized spacial score (nSPS) is 14.3. The van der Waals surface area contributed by atoms with Crippen molar-refractivity contribution in [1.82, 2.24) is 4.90 Å². The van der Waals surface area contributed by atoms with Crippen LogP contribution in [0.4, 0.5) is 0 Å². The van der Waals surface area contributed by atoms with E-state index in [1.54, 1.807) is 0 Å². The molecule has 0 saturated heterocycles. The van der Waals surface area contributed by atoms with Gasteiger partial charge < -0.3 is 10.2 Å². The van der Waals surface area contributed by atoms with Crippen molar-refractivity contribution in [2.45, 2.75) is 33.7 Å². The van der Waals surface area contributed by atoms with Gasteiger partial charge in [-0.25, -0.2) is 0 Å². The molecule has 2 N–H and O–H groups in total. The molecule has 0 radical (unpaired) electrons. The SMILES string of the molecule is CCN(CC(C)(C)CN)C(C)c1ccc(Br)o1. The highest BCUT2D eigenvalue weighted by molar-refractivity contribution is 9.10. The Labute approximate surface area is 112 Å². The van der Waals surface area contributed by atoms with Crippen LogP contribution in [-0.2, 0) is 0 Å². The summed E-state index contributed by atoms with van der Waals surface area (Å²) in [6, 6.07) is 4.23. The lowest BCUT2D eigenvalue weighted by atomic mass is 9.92. The molecule has 0 aromatic carbocycles. The van der Waals surface area contributed by atoms with Crippen molar-refractivity contribution >= 4 is 15.9 Å². The molecule has 0 aliphatic rings. The molecule has 1 rings (SSSR count). The quantitative estimate of drug-likeness (QED) is 0.875. The number of furan rings is 1. The maximum atomic E-state index is 5.79. The fourth-order valence-corrected chi connectivity index (χ4v) is 2.19. The Morgan fingerprint density at radius 3 is 2.53 bits per heavy atom. The van der Waals surface area contributed by atoms with Crippen molar-refractivity contribution in [2.75, 3.05) is 19.6 Å². The molecule has 17 heavy (non-hydrogen) atoms. The Morgan fingerprint density at radius 1 is 1.47 bits per heavy atom. The second kappa shape index (κ2) is 6.03. The van der Waals surface area contributed by atoms with E-state index >= 15 is 0 Å². The van der Waals surface area contributed by atoms with Crippen LogP contribution in [0.25, 0.3) is 0 Å². The Bertz CT molecular complexity index is 349. The van der Waals surface area contributed by atoms with E-state index in [9.17, 15) is 0 Å². The largest absolute Gasteiger partial charge is 0.453 e. The van der Waals surface area contributed by atoms with Crippen LogP contribution in [0, 0.1) is 5.41 Å². The zero-order chi connectivity index (χ0) is 13.1. The molecule has 0 aliphatic heterocycles. The van der Waals surface area contributed by atoms with E-state index in [1.165, 1.54) is 0 Å². The Morgan fingerprint density at radius 2 is 2.12 bits per heavy atom. The molecule has 0 spiro atoms. The van der Waals surface area contributed by atoms with Gasteiger partial charge in [-0.3, -0.25) is 4.90 Å². The highest BCUT2D eigenvalue weighted by Crippen LogP contribution is 2.27. The Hall–Kier alpha value is -0.320. The molecular formula is C13H23BrN2O. The first-order valence-electron chi connectivity index (χ1n) is 6.09. The van der Waals surface area contributed by atoms with Crippen molar-refractivity contribution in [2.24, 2.45) is 11.1 Å². The van der Waals surface area contributed by atoms with Gasteiger partial charge in [0.25, 0.3) is 0 Å². The molecule has 3 nitrogen and oxygen atoms in total. The number of halogens is 1. The summed E-state index contributed by atoms with van der Waals surface area (Å²) in [7, 11) is 0. The topological polar surface area (TPSA) is 42.4 Å². The number of nitrogens with zero attached hydrogens (tertiary/aromatic N) is 1. The highest BCUT2D eigenvalue weighted by Gasteiger charge is 2.24. The fourth-order valence-electron chi connectivity index (χ4n) is 1.87. The minimum Gasteiger partial charge on any atom is -0.453 e. The average Bonchev–Trinajstić information content (AvgIpc) is 2.72. The first-order chi connectivity index (χ1) is 7.89. The van der Waals surface area contributed by atoms with E-state index in [0.29, 0.717) is 6.54 Å². The van der Waals surface area contributed by atoms with Crippen LogP contribution in [0.3, 0.4) is 0 Å². The maximum Gasteiger partial charge on any atom is 0.169 e. The molecule has 0 saturated carbocycles. The monoisotopic (exact) mass is 302 g/mol. The van der Waals surface area contributed by atoms with Gasteiger partial charge in [0.2, 0.25) is 0 Å². The summed E-state index contributed by atoms with van der Waals surface area (Å²) in [5.41, 5.74) is 5.93. The summed E-state index contributed by atoms with van der Waals surface area (Å²) in [5.74, 6) is 0.992. The molecule has 98 valence electrons. The predicted octanol–water partition coefficient (Wildman–Crippen LogP) is 3.41. The second-order valence-corrected chi connectivity index (χ2v) is 6.03. The lowest BCUT2D eigenvalue weighted by Crippen LogP contribution is -2.39. The van der Waals surface area contributed by atoms with Crippen LogP contribution in [0.5, 0.6) is 0 Å². The zero-order valence-electron chi connectivity index (χ0n) is 11.2. The van der Waals surface area contributed by atoms with Crippen molar-refractivity contribution < 1.29 is 4.42 Å². The van der Waals surface area contributed by atoms with Gasteiger partial charge in [-0.2, -0.15) is 0 Å². The lowest BCUT2D eigenvalue weighted by molar-refractivity contribution is 0.133. The number of hydrogen-bond acceptors (Lipinski definition) is 3. The van der Waals surface area contributed by atoms with E-state index in [2.05, 4.69) is 48.5 Å². The van der Waals surface area contributed by atoms with Crippen LogP contribution in [-0.4, -0.2) is 24.5 Å². The van der Waals surface area contributed by atoms with Gasteiger partial charge in [0.1, 0.15) is 5.76 Å². The summed E-state index contributed by atoms with van der Waals surface area (Å²) in [4.78, 5) is 2.39. The van der Waals surface area contributed by atoms with Crippen LogP contribution in [0.15, 0.2) is 21.2 Å². The van der Waals surface area contributed by atoms with Crippen molar-refractivity contribution in [1.29, 1.82) is 0 Å². The second-order valence-electron chi connectivity index (χ2n) is 5.25. The van der Waals surface area contributed by atoms with Crippen molar-refractivity contribution in [3.05, 3.63) is 22.6 Å². The van der Waals surface area contributed by atoms with Crippen LogP contribution < -0.4 is 5.73 Å². The summed E-state index contributed by atoms with van der Waals surface area (Å²) in [6.07, 6.45) is 0. The van der Waals surface area contributed by atoms with E-state index < -0.39 is 0 Å². The van der Waals surface area contributed by atoms with E-state index in [0.717, 1.165) is 23.5 Å². The molecule has 0 bridgehead atoms. The molecular weight excluding hydrogens is 280 g/mol. The zero-order valence-corrected chi connectivity index (χ0v) is 12.8. The van der Waals surface area contributed by atoms with Gasteiger partial charge in [0.15, 0.2) is 4.67 Å². The van der Waals surface area contributed by atoms with Crippen LogP contribution >= 0.6 is 15.9 Å². The summed E-state index contributed by atoms with van der Waals surface area (Å²) in [6.45, 7) is 11.4. The van der Waals surface area contributed by atoms with Crippen molar-refractivity contribution in [3.63, 3.8) is 0 Å². The molecule has 1 heterocycles. The first-order valence-corrected chi connectivity index (χ1v) is 6.88. The third-order valence-corrected chi connectivity index (χ3v) is 3.57. The molecule has 1 atom stereocenters. The third-order valence-electron chi connectivity index (χ3n) is 3.14. The van der Waals surface area contributed by atoms with Gasteiger partial charge in [0.05, 0.1) is 6.04 Å². The molecule has 1 unspecified atom stereocenters. The molecule has 0 fully saturated rings. The molecule has 0 aliphatic carbocycles. The number of rotatable bonds is 6. The maximum absolute atomic E-state index is 5.79. The summed E-state index contributed by atoms with van der Waals surface area (Å²) >= 11 is 3.34. The van der Waals surface area contributed by atoms with Crippen LogP contribution in [0.1, 0.15) is 39.5 Å². The van der Waals surface area contributed by atoms with Crippen molar-refractivity contribution in [3.8, 4) is 0 Å². The lowest BCUT2D eigenvalue weighted by Gasteiger charge is -2.34. The molecule has 1 aromatic heterocycles. The predicted molar refractivity (Wildman–Crippen MR) is 74.9 cm³/mol. The molecule has 1 aromatic rings. The van der Waals surface area contributed by atoms with E-state index in [-0.39, 0.29) is 11.5 Å². The first kappa shape index (κ1) is 14.7. The minimum absolute atomic E-state index is 0.133. The summed E-state index contributed by atoms with van der Waals surface area (Å²) < 4.78 is 6.41. The third kappa shape index (κ3) is 4.12. The standard InChI is InChI=1S/C13H23BrN2O/c1-5-16(9-13(3,4)8-15)10(2)11-6-7-12(14)17-11/h6-7,10H,5,8-9,15H2,1-4H3.